The van der Waals surface area contributed by atoms with E-state index in [4.69, 9.17) is 11.6 Å². The number of nitro groups is 1. The number of nitro benzene ring substituents is 1. The number of benzene rings is 2. The molecule has 0 aliphatic rings. The summed E-state index contributed by atoms with van der Waals surface area (Å²) in [5.74, 6) is -0.391. The molecule has 8 heteroatoms. The summed E-state index contributed by atoms with van der Waals surface area (Å²) in [6.45, 7) is 1.95. The number of amides is 1. The summed E-state index contributed by atoms with van der Waals surface area (Å²) >= 11 is 5.97. The molecule has 0 aliphatic carbocycles. The van der Waals surface area contributed by atoms with Gasteiger partial charge in [0, 0.05) is 35.1 Å². The maximum Gasteiger partial charge on any atom is 0.269 e. The van der Waals surface area contributed by atoms with E-state index in [2.05, 4.69) is 5.32 Å². The summed E-state index contributed by atoms with van der Waals surface area (Å²) in [5, 5.41) is 14.2. The Balaban J connectivity index is 1.86. The van der Waals surface area contributed by atoms with Crippen LogP contribution in [0.25, 0.3) is 0 Å². The normalized spacial score (nSPS) is 10.5. The van der Waals surface area contributed by atoms with Crippen molar-refractivity contribution in [2.24, 2.45) is 0 Å². The summed E-state index contributed by atoms with van der Waals surface area (Å²) in [6.07, 6.45) is 1.43. The third kappa shape index (κ3) is 4.44. The van der Waals surface area contributed by atoms with Gasteiger partial charge in [-0.05, 0) is 36.2 Å². The van der Waals surface area contributed by atoms with E-state index >= 15 is 0 Å². The first-order valence-corrected chi connectivity index (χ1v) is 8.72. The number of carbonyl (C=O) groups is 1. The predicted octanol–water partition coefficient (Wildman–Crippen LogP) is 4.02. The number of halogens is 1. The number of non-ortho nitro benzene ring substituents is 1. The van der Waals surface area contributed by atoms with Crippen molar-refractivity contribution in [3.63, 3.8) is 0 Å². The van der Waals surface area contributed by atoms with Gasteiger partial charge in [0.2, 0.25) is 0 Å². The van der Waals surface area contributed by atoms with Gasteiger partial charge >= 0.3 is 0 Å². The largest absolute Gasteiger partial charge is 0.322 e. The Morgan fingerprint density at radius 2 is 1.96 bits per heavy atom. The fourth-order valence-corrected chi connectivity index (χ4v) is 2.85. The van der Waals surface area contributed by atoms with Gasteiger partial charge in [-0.2, -0.15) is 0 Å². The zero-order chi connectivity index (χ0) is 20.3. The van der Waals surface area contributed by atoms with Crippen molar-refractivity contribution in [1.82, 2.24) is 4.57 Å². The van der Waals surface area contributed by atoms with E-state index in [1.54, 1.807) is 30.3 Å². The highest BCUT2D eigenvalue weighted by Crippen LogP contribution is 2.21. The van der Waals surface area contributed by atoms with Gasteiger partial charge in [0.15, 0.2) is 0 Å². The number of hydrogen-bond donors (Lipinski definition) is 1. The summed E-state index contributed by atoms with van der Waals surface area (Å²) in [7, 11) is 0. The first-order chi connectivity index (χ1) is 13.3. The highest BCUT2D eigenvalue weighted by atomic mass is 35.5. The molecule has 7 nitrogen and oxygen atoms in total. The molecule has 0 bridgehead atoms. The predicted molar refractivity (Wildman–Crippen MR) is 107 cm³/mol. The maximum atomic E-state index is 12.6. The molecule has 1 N–H and O–H groups in total. The van der Waals surface area contributed by atoms with E-state index in [1.807, 2.05) is 6.92 Å². The highest BCUT2D eigenvalue weighted by Gasteiger charge is 2.11. The van der Waals surface area contributed by atoms with Crippen molar-refractivity contribution in [3.8, 4) is 0 Å². The molecule has 0 radical (unpaired) electrons. The number of nitrogens with one attached hydrogen (secondary N) is 1. The summed E-state index contributed by atoms with van der Waals surface area (Å²) in [5.41, 5.74) is 1.92. The van der Waals surface area contributed by atoms with Crippen LogP contribution in [0.15, 0.2) is 65.6 Å². The number of aryl methyl sites for hydroxylation is 1. The molecule has 0 spiro atoms. The van der Waals surface area contributed by atoms with Crippen LogP contribution in [0.3, 0.4) is 0 Å². The average Bonchev–Trinajstić information content (AvgIpc) is 2.66. The molecule has 0 unspecified atom stereocenters. The lowest BCUT2D eigenvalue weighted by atomic mass is 10.1. The van der Waals surface area contributed by atoms with Crippen LogP contribution in [-0.2, 0) is 6.54 Å². The van der Waals surface area contributed by atoms with Crippen molar-refractivity contribution in [2.75, 3.05) is 5.32 Å². The molecule has 1 aromatic heterocycles. The van der Waals surface area contributed by atoms with E-state index in [9.17, 15) is 19.7 Å². The van der Waals surface area contributed by atoms with E-state index < -0.39 is 10.8 Å². The minimum atomic E-state index is -0.497. The Hall–Kier alpha value is -3.45. The number of pyridine rings is 1. The molecule has 28 heavy (non-hydrogen) atoms. The molecule has 1 amide bonds. The van der Waals surface area contributed by atoms with Crippen LogP contribution in [0.4, 0.5) is 11.4 Å². The van der Waals surface area contributed by atoms with Gasteiger partial charge in [-0.1, -0.05) is 29.8 Å². The minimum Gasteiger partial charge on any atom is -0.322 e. The number of anilines is 1. The second-order valence-electron chi connectivity index (χ2n) is 6.22. The molecule has 0 saturated heterocycles. The smallest absolute Gasteiger partial charge is 0.269 e. The summed E-state index contributed by atoms with van der Waals surface area (Å²) < 4.78 is 1.33. The van der Waals surface area contributed by atoms with E-state index in [0.29, 0.717) is 16.3 Å². The molecule has 1 heterocycles. The van der Waals surface area contributed by atoms with Crippen molar-refractivity contribution < 1.29 is 9.72 Å². The molecule has 2 aromatic carbocycles. The number of rotatable bonds is 5. The van der Waals surface area contributed by atoms with Crippen molar-refractivity contribution in [3.05, 3.63) is 103 Å². The molecule has 0 fully saturated rings. The van der Waals surface area contributed by atoms with Crippen molar-refractivity contribution >= 4 is 28.9 Å². The number of nitrogens with zero attached hydrogens (tertiary/aromatic N) is 2. The van der Waals surface area contributed by atoms with Gasteiger partial charge in [0.1, 0.15) is 0 Å². The molecule has 0 atom stereocenters. The molecule has 0 saturated carbocycles. The topological polar surface area (TPSA) is 94.2 Å². The summed E-state index contributed by atoms with van der Waals surface area (Å²) in [6, 6.07) is 13.9. The molecular weight excluding hydrogens is 382 g/mol. The lowest BCUT2D eigenvalue weighted by Gasteiger charge is -2.11. The fraction of sp³-hybridized carbons (Fsp3) is 0.100. The monoisotopic (exact) mass is 397 g/mol. The highest BCUT2D eigenvalue weighted by molar-refractivity contribution is 6.31. The third-order valence-electron chi connectivity index (χ3n) is 4.17. The van der Waals surface area contributed by atoms with Gasteiger partial charge in [-0.3, -0.25) is 19.7 Å². The van der Waals surface area contributed by atoms with Crippen LogP contribution in [0.2, 0.25) is 5.02 Å². The van der Waals surface area contributed by atoms with Crippen LogP contribution < -0.4 is 10.9 Å². The maximum absolute atomic E-state index is 12.6. The molecule has 0 aliphatic heterocycles. The van der Waals surface area contributed by atoms with Gasteiger partial charge < -0.3 is 9.88 Å². The summed E-state index contributed by atoms with van der Waals surface area (Å²) in [4.78, 5) is 35.2. The van der Waals surface area contributed by atoms with Gasteiger partial charge in [0.05, 0.1) is 17.0 Å². The van der Waals surface area contributed by atoms with Crippen LogP contribution in [-0.4, -0.2) is 15.4 Å². The Morgan fingerprint density at radius 1 is 1.18 bits per heavy atom. The zero-order valence-corrected chi connectivity index (χ0v) is 15.6. The standard InChI is InChI=1S/C20H16ClN3O4/c1-13-5-7-16(21)10-18(13)22-20(26)15-6-8-19(25)23(12-15)11-14-3-2-4-17(9-14)24(27)28/h2-10,12H,11H2,1H3,(H,22,26). The lowest BCUT2D eigenvalue weighted by molar-refractivity contribution is -0.384. The second kappa shape index (κ2) is 8.06. The first-order valence-electron chi connectivity index (χ1n) is 8.35. The molecule has 3 aromatic rings. The molecular formula is C20H16ClN3O4. The van der Waals surface area contributed by atoms with Gasteiger partial charge in [-0.25, -0.2) is 0 Å². The average molecular weight is 398 g/mol. The Labute approximate surface area is 165 Å². The molecule has 142 valence electrons. The van der Waals surface area contributed by atoms with E-state index in [-0.39, 0.29) is 23.4 Å². The van der Waals surface area contributed by atoms with Gasteiger partial charge in [-0.15, -0.1) is 0 Å². The molecule has 3 rings (SSSR count). The van der Waals surface area contributed by atoms with Gasteiger partial charge in [0.25, 0.3) is 17.2 Å². The fourth-order valence-electron chi connectivity index (χ4n) is 2.68. The van der Waals surface area contributed by atoms with E-state index in [0.717, 1.165) is 5.56 Å². The zero-order valence-electron chi connectivity index (χ0n) is 14.9. The Morgan fingerprint density at radius 3 is 2.71 bits per heavy atom. The van der Waals surface area contributed by atoms with E-state index in [1.165, 1.54) is 35.0 Å². The quantitative estimate of drug-likeness (QED) is 0.519. The lowest BCUT2D eigenvalue weighted by Crippen LogP contribution is -2.22. The Bertz CT molecular complexity index is 1120. The minimum absolute atomic E-state index is 0.0594. The Kier molecular flexibility index (Phi) is 5.56. The van der Waals surface area contributed by atoms with Crippen LogP contribution in [0.5, 0.6) is 0 Å². The van der Waals surface area contributed by atoms with Crippen LogP contribution >= 0.6 is 11.6 Å². The first kappa shape index (κ1) is 19.3. The number of aromatic nitrogens is 1. The number of carbonyl (C=O) groups excluding carboxylic acids is 1. The van der Waals surface area contributed by atoms with Crippen LogP contribution in [0.1, 0.15) is 21.5 Å². The van der Waals surface area contributed by atoms with Crippen molar-refractivity contribution in [2.45, 2.75) is 13.5 Å². The second-order valence-corrected chi connectivity index (χ2v) is 6.66. The SMILES string of the molecule is Cc1ccc(Cl)cc1NC(=O)c1ccc(=O)n(Cc2cccc([N+](=O)[O-])c2)c1. The van der Waals surface area contributed by atoms with Crippen molar-refractivity contribution in [1.29, 1.82) is 0 Å². The van der Waals surface area contributed by atoms with Crippen LogP contribution in [0, 0.1) is 17.0 Å². The number of hydrogen-bond acceptors (Lipinski definition) is 4. The third-order valence-corrected chi connectivity index (χ3v) is 4.40.